The average molecular weight is 563 g/mol. The van der Waals surface area contributed by atoms with E-state index in [1.165, 1.54) is 11.9 Å². The van der Waals surface area contributed by atoms with Gasteiger partial charge in [0.1, 0.15) is 0 Å². The van der Waals surface area contributed by atoms with Crippen molar-refractivity contribution in [1.82, 2.24) is 0 Å². The van der Waals surface area contributed by atoms with Crippen molar-refractivity contribution in [3.63, 3.8) is 0 Å². The number of esters is 1. The fourth-order valence-electron chi connectivity index (χ4n) is 3.46. The van der Waals surface area contributed by atoms with Gasteiger partial charge in [-0.25, -0.2) is 4.79 Å². The summed E-state index contributed by atoms with van der Waals surface area (Å²) < 4.78 is 8.76. The van der Waals surface area contributed by atoms with Crippen molar-refractivity contribution < 1.29 is 9.53 Å². The number of anilines is 1. The van der Waals surface area contributed by atoms with Gasteiger partial charge in [0.2, 0.25) is 0 Å². The molecule has 0 spiro atoms. The van der Waals surface area contributed by atoms with Crippen LogP contribution in [0.2, 0.25) is 20.1 Å². The van der Waals surface area contributed by atoms with Gasteiger partial charge in [0.15, 0.2) is 0 Å². The van der Waals surface area contributed by atoms with Gasteiger partial charge in [-0.3, -0.25) is 0 Å². The Balaban J connectivity index is 1.90. The molecule has 35 heavy (non-hydrogen) atoms. The Hall–Kier alpha value is -2.34. The topological polar surface area (TPSA) is 38.3 Å². The van der Waals surface area contributed by atoms with E-state index in [0.717, 1.165) is 32.8 Å². The maximum absolute atomic E-state index is 12.8. The first-order valence-electron chi connectivity index (χ1n) is 10.6. The van der Waals surface area contributed by atoms with Crippen LogP contribution < -0.4 is 4.72 Å². The maximum Gasteiger partial charge on any atom is 0.338 e. The summed E-state index contributed by atoms with van der Waals surface area (Å²) in [5, 5.41) is 2.32. The molecular formula is C27H19Cl4NO2S. The molecule has 1 N–H and O–H groups in total. The Kier molecular flexibility index (Phi) is 8.53. The maximum atomic E-state index is 12.8. The van der Waals surface area contributed by atoms with Gasteiger partial charge in [0.05, 0.1) is 22.9 Å². The Morgan fingerprint density at radius 2 is 1.29 bits per heavy atom. The van der Waals surface area contributed by atoms with Crippen molar-refractivity contribution in [2.24, 2.45) is 0 Å². The highest BCUT2D eigenvalue weighted by atomic mass is 35.5. The van der Waals surface area contributed by atoms with Crippen LogP contribution in [0.4, 0.5) is 5.69 Å². The summed E-state index contributed by atoms with van der Waals surface area (Å²) in [7, 11) is 0. The molecule has 4 rings (SSSR count). The van der Waals surface area contributed by atoms with Crippen LogP contribution in [-0.2, 0) is 4.74 Å². The average Bonchev–Trinajstić information content (AvgIpc) is 2.84. The standard InChI is InChI=1S/C27H19Cl4NO2S/c1-2-34-27(33)18-13-22(16-3-7-19(28)8-4-16)26(23(14-18)17-5-9-20(29)10-6-17)32-35-25-12-11-21(30)15-24(25)31/h3-15,32H,2H2,1H3. The van der Waals surface area contributed by atoms with E-state index in [1.807, 2.05) is 66.7 Å². The predicted octanol–water partition coefficient (Wildman–Crippen LogP) is 9.93. The Labute approximate surface area is 228 Å². The zero-order valence-electron chi connectivity index (χ0n) is 18.4. The van der Waals surface area contributed by atoms with E-state index < -0.39 is 5.97 Å². The fraction of sp³-hybridized carbons (Fsp3) is 0.0741. The molecule has 0 aliphatic rings. The van der Waals surface area contributed by atoms with Crippen LogP contribution in [0.3, 0.4) is 0 Å². The molecule has 0 atom stereocenters. The Morgan fingerprint density at radius 1 is 0.771 bits per heavy atom. The molecule has 0 saturated heterocycles. The van der Waals surface area contributed by atoms with Crippen LogP contribution >= 0.6 is 58.4 Å². The van der Waals surface area contributed by atoms with Gasteiger partial charge in [0.25, 0.3) is 0 Å². The summed E-state index contributed by atoms with van der Waals surface area (Å²) in [5.41, 5.74) is 4.58. The molecule has 3 nitrogen and oxygen atoms in total. The normalized spacial score (nSPS) is 10.8. The summed E-state index contributed by atoms with van der Waals surface area (Å²) in [6.07, 6.45) is 0. The monoisotopic (exact) mass is 561 g/mol. The number of hydrogen-bond donors (Lipinski definition) is 1. The zero-order valence-corrected chi connectivity index (χ0v) is 22.3. The van der Waals surface area contributed by atoms with Gasteiger partial charge in [-0.1, -0.05) is 70.7 Å². The lowest BCUT2D eigenvalue weighted by Gasteiger charge is -2.19. The highest BCUT2D eigenvalue weighted by Crippen LogP contribution is 2.42. The van der Waals surface area contributed by atoms with Gasteiger partial charge in [-0.05, 0) is 84.6 Å². The third-order valence-corrected chi connectivity index (χ3v) is 7.16. The number of ether oxygens (including phenoxy) is 1. The molecule has 0 aliphatic carbocycles. The number of rotatable bonds is 7. The lowest BCUT2D eigenvalue weighted by Crippen LogP contribution is -2.06. The van der Waals surface area contributed by atoms with Crippen LogP contribution in [0.5, 0.6) is 0 Å². The van der Waals surface area contributed by atoms with Crippen molar-refractivity contribution in [3.8, 4) is 22.3 Å². The Bertz CT molecular complexity index is 1290. The van der Waals surface area contributed by atoms with Crippen molar-refractivity contribution in [1.29, 1.82) is 0 Å². The van der Waals surface area contributed by atoms with Gasteiger partial charge in [-0.15, -0.1) is 0 Å². The molecule has 4 aromatic rings. The summed E-state index contributed by atoms with van der Waals surface area (Å²) in [6, 6.07) is 23.8. The highest BCUT2D eigenvalue weighted by molar-refractivity contribution is 8.00. The predicted molar refractivity (Wildman–Crippen MR) is 149 cm³/mol. The van der Waals surface area contributed by atoms with Crippen molar-refractivity contribution in [3.05, 3.63) is 105 Å². The molecule has 0 fully saturated rings. The molecule has 178 valence electrons. The Morgan fingerprint density at radius 3 is 1.77 bits per heavy atom. The molecule has 0 unspecified atom stereocenters. The molecule has 0 bridgehead atoms. The number of halogens is 4. The summed E-state index contributed by atoms with van der Waals surface area (Å²) in [4.78, 5) is 13.6. The fourth-order valence-corrected chi connectivity index (χ4v) is 4.96. The molecule has 4 aromatic carbocycles. The summed E-state index contributed by atoms with van der Waals surface area (Å²) in [6.45, 7) is 2.05. The van der Waals surface area contributed by atoms with Gasteiger partial charge < -0.3 is 9.46 Å². The molecule has 0 amide bonds. The summed E-state index contributed by atoms with van der Waals surface area (Å²) >= 11 is 26.1. The minimum atomic E-state index is -0.405. The van der Waals surface area contributed by atoms with E-state index in [0.29, 0.717) is 25.7 Å². The molecular weight excluding hydrogens is 544 g/mol. The van der Waals surface area contributed by atoms with Gasteiger partial charge in [-0.2, -0.15) is 0 Å². The van der Waals surface area contributed by atoms with Gasteiger partial charge >= 0.3 is 5.97 Å². The first kappa shape index (κ1) is 25.7. The number of hydrogen-bond acceptors (Lipinski definition) is 4. The van der Waals surface area contributed by atoms with Crippen LogP contribution in [0.25, 0.3) is 22.3 Å². The SMILES string of the molecule is CCOC(=O)c1cc(-c2ccc(Cl)cc2)c(NSc2ccc(Cl)cc2Cl)c(-c2ccc(Cl)cc2)c1. The second-order valence-corrected chi connectivity index (χ2v) is 10.0. The number of carbonyl (C=O) groups is 1. The first-order chi connectivity index (χ1) is 16.9. The quantitative estimate of drug-likeness (QED) is 0.179. The molecule has 8 heteroatoms. The van der Waals surface area contributed by atoms with Crippen molar-refractivity contribution in [2.45, 2.75) is 11.8 Å². The van der Waals surface area contributed by atoms with E-state index in [4.69, 9.17) is 51.1 Å². The molecule has 0 aliphatic heterocycles. The lowest BCUT2D eigenvalue weighted by atomic mass is 9.93. The third-order valence-electron chi connectivity index (χ3n) is 5.12. The zero-order chi connectivity index (χ0) is 24.9. The lowest BCUT2D eigenvalue weighted by molar-refractivity contribution is 0.0526. The second kappa shape index (κ2) is 11.6. The third kappa shape index (κ3) is 6.27. The largest absolute Gasteiger partial charge is 0.462 e. The molecule has 0 saturated carbocycles. The van der Waals surface area contributed by atoms with Gasteiger partial charge in [0, 0.05) is 31.1 Å². The van der Waals surface area contributed by atoms with E-state index in [9.17, 15) is 4.79 Å². The molecule has 0 heterocycles. The van der Waals surface area contributed by atoms with Crippen LogP contribution in [0.1, 0.15) is 17.3 Å². The van der Waals surface area contributed by atoms with E-state index in [-0.39, 0.29) is 6.61 Å². The smallest absolute Gasteiger partial charge is 0.338 e. The first-order valence-corrected chi connectivity index (χ1v) is 12.9. The number of nitrogens with one attached hydrogen (secondary N) is 1. The minimum Gasteiger partial charge on any atom is -0.462 e. The van der Waals surface area contributed by atoms with Crippen LogP contribution in [0, 0.1) is 0 Å². The van der Waals surface area contributed by atoms with Crippen molar-refractivity contribution in [2.75, 3.05) is 11.3 Å². The second-order valence-electron chi connectivity index (χ2n) is 7.46. The van der Waals surface area contributed by atoms with E-state index in [2.05, 4.69) is 4.72 Å². The van der Waals surface area contributed by atoms with Crippen LogP contribution in [-0.4, -0.2) is 12.6 Å². The highest BCUT2D eigenvalue weighted by Gasteiger charge is 2.19. The van der Waals surface area contributed by atoms with Crippen molar-refractivity contribution >= 4 is 70.0 Å². The molecule has 0 aromatic heterocycles. The molecule has 0 radical (unpaired) electrons. The van der Waals surface area contributed by atoms with E-state index >= 15 is 0 Å². The minimum absolute atomic E-state index is 0.274. The number of benzene rings is 4. The van der Waals surface area contributed by atoms with E-state index in [1.54, 1.807) is 19.1 Å². The number of carbonyl (C=O) groups excluding carboxylic acids is 1. The summed E-state index contributed by atoms with van der Waals surface area (Å²) in [5.74, 6) is -0.405. The van der Waals surface area contributed by atoms with Crippen LogP contribution in [0.15, 0.2) is 83.8 Å².